The van der Waals surface area contributed by atoms with E-state index in [9.17, 15) is 0 Å². The number of methoxy groups -OCH3 is 2. The van der Waals surface area contributed by atoms with Crippen molar-refractivity contribution in [3.05, 3.63) is 132 Å². The molecule has 0 saturated carbocycles. The number of nitrogens with one attached hydrogen (secondary N) is 4. The first-order valence-corrected chi connectivity index (χ1v) is 18.6. The Balaban J connectivity index is 0.000000213. The molecule has 4 N–H and O–H groups in total. The molecule has 0 radical (unpaired) electrons. The second-order valence-corrected chi connectivity index (χ2v) is 13.6. The molecule has 0 saturated heterocycles. The van der Waals surface area contributed by atoms with Crippen LogP contribution in [0.5, 0.6) is 11.5 Å². The number of guanidine groups is 2. The van der Waals surface area contributed by atoms with E-state index in [4.69, 9.17) is 20.3 Å². The summed E-state index contributed by atoms with van der Waals surface area (Å²) in [5.74, 6) is 3.35. The fraction of sp³-hybridized carbons (Fsp3) is 0.261. The van der Waals surface area contributed by atoms with Gasteiger partial charge in [-0.2, -0.15) is 0 Å². The summed E-state index contributed by atoms with van der Waals surface area (Å²) in [6.45, 7) is 8.84. The molecular weight excluding hydrogens is 669 g/mol. The molecule has 2 unspecified atom stereocenters. The average molecular weight is 723 g/mol. The third-order valence-corrected chi connectivity index (χ3v) is 10.2. The molecule has 0 aliphatic carbocycles. The zero-order valence-electron chi connectivity index (χ0n) is 32.8. The maximum atomic E-state index is 8.91. The second-order valence-electron chi connectivity index (χ2n) is 13.6. The van der Waals surface area contributed by atoms with Gasteiger partial charge in [-0.25, -0.2) is 0 Å². The maximum Gasteiger partial charge on any atom is 0.202 e. The van der Waals surface area contributed by atoms with Crippen LogP contribution in [-0.2, 0) is 0 Å². The molecule has 6 rings (SSSR count). The summed E-state index contributed by atoms with van der Waals surface area (Å²) in [6.07, 6.45) is 2.23. The van der Waals surface area contributed by atoms with E-state index >= 15 is 0 Å². The summed E-state index contributed by atoms with van der Waals surface area (Å²) in [7, 11) is 7.18. The molecule has 6 aromatic carbocycles. The van der Waals surface area contributed by atoms with Crippen molar-refractivity contribution in [2.75, 3.05) is 48.7 Å². The summed E-state index contributed by atoms with van der Waals surface area (Å²) >= 11 is 0. The number of fused-ring (bicyclic) bond motifs is 2. The van der Waals surface area contributed by atoms with Crippen LogP contribution in [0.2, 0.25) is 0 Å². The third kappa shape index (κ3) is 8.94. The zero-order chi connectivity index (χ0) is 38.8. The van der Waals surface area contributed by atoms with Crippen LogP contribution in [0.1, 0.15) is 63.5 Å². The van der Waals surface area contributed by atoms with Gasteiger partial charge in [0.2, 0.25) is 5.96 Å². The van der Waals surface area contributed by atoms with Gasteiger partial charge >= 0.3 is 0 Å². The smallest absolute Gasteiger partial charge is 0.202 e. The Labute approximate surface area is 320 Å². The van der Waals surface area contributed by atoms with Gasteiger partial charge in [0.25, 0.3) is 0 Å². The first-order valence-electron chi connectivity index (χ1n) is 18.6. The largest absolute Gasteiger partial charge is 0.496 e. The van der Waals surface area contributed by atoms with Crippen molar-refractivity contribution in [1.29, 1.82) is 10.8 Å². The predicted molar refractivity (Wildman–Crippen MR) is 231 cm³/mol. The highest BCUT2D eigenvalue weighted by Gasteiger charge is 2.19. The number of ether oxygens (including phenoxy) is 2. The minimum atomic E-state index is 0.289. The van der Waals surface area contributed by atoms with Crippen molar-refractivity contribution in [3.8, 4) is 11.5 Å². The Hall–Kier alpha value is -6.02. The first kappa shape index (κ1) is 39.2. The zero-order valence-corrected chi connectivity index (χ0v) is 32.8. The van der Waals surface area contributed by atoms with Gasteiger partial charge < -0.3 is 29.9 Å². The summed E-state index contributed by atoms with van der Waals surface area (Å²) < 4.78 is 11.0. The van der Waals surface area contributed by atoms with E-state index in [2.05, 4.69) is 74.7 Å². The molecular formula is C46H54N6O2. The number of benzene rings is 6. The summed E-state index contributed by atoms with van der Waals surface area (Å²) in [4.78, 5) is 3.78. The molecule has 6 aromatic rings. The van der Waals surface area contributed by atoms with Gasteiger partial charge in [-0.1, -0.05) is 100 Å². The number of hydrogen-bond donors (Lipinski definition) is 4. The van der Waals surface area contributed by atoms with E-state index in [0.717, 1.165) is 68.6 Å². The molecule has 280 valence electrons. The van der Waals surface area contributed by atoms with Crippen LogP contribution in [0, 0.1) is 10.8 Å². The third-order valence-electron chi connectivity index (χ3n) is 10.2. The van der Waals surface area contributed by atoms with E-state index in [0.29, 0.717) is 17.8 Å². The molecule has 54 heavy (non-hydrogen) atoms. The van der Waals surface area contributed by atoms with Crippen LogP contribution in [0.4, 0.5) is 22.7 Å². The summed E-state index contributed by atoms with van der Waals surface area (Å²) in [5.41, 5.74) is 6.39. The van der Waals surface area contributed by atoms with Gasteiger partial charge in [0.15, 0.2) is 5.96 Å². The van der Waals surface area contributed by atoms with Crippen molar-refractivity contribution in [2.45, 2.75) is 52.4 Å². The Morgan fingerprint density at radius 3 is 1.31 bits per heavy atom. The van der Waals surface area contributed by atoms with Crippen molar-refractivity contribution in [2.24, 2.45) is 0 Å². The highest BCUT2D eigenvalue weighted by atomic mass is 16.5. The Morgan fingerprint density at radius 1 is 0.556 bits per heavy atom. The predicted octanol–water partition coefficient (Wildman–Crippen LogP) is 11.7. The fourth-order valence-corrected chi connectivity index (χ4v) is 6.54. The van der Waals surface area contributed by atoms with Crippen LogP contribution >= 0.6 is 0 Å². The fourth-order valence-electron chi connectivity index (χ4n) is 6.54. The average Bonchev–Trinajstić information content (AvgIpc) is 3.21. The monoisotopic (exact) mass is 722 g/mol. The first-order chi connectivity index (χ1) is 26.1. The molecule has 0 aromatic heterocycles. The minimum absolute atomic E-state index is 0.289. The second kappa shape index (κ2) is 18.1. The van der Waals surface area contributed by atoms with E-state index in [1.807, 2.05) is 109 Å². The van der Waals surface area contributed by atoms with Crippen molar-refractivity contribution >= 4 is 56.2 Å². The van der Waals surface area contributed by atoms with Gasteiger partial charge in [-0.05, 0) is 84.3 Å². The minimum Gasteiger partial charge on any atom is -0.496 e. The highest BCUT2D eigenvalue weighted by molar-refractivity contribution is 6.13. The van der Waals surface area contributed by atoms with Gasteiger partial charge in [-0.15, -0.1) is 0 Å². The summed E-state index contributed by atoms with van der Waals surface area (Å²) in [5, 5.41) is 27.5. The normalized spacial score (nSPS) is 11.9. The lowest BCUT2D eigenvalue weighted by molar-refractivity contribution is 0.420. The number of nitrogens with zero attached hydrogens (tertiary/aromatic N) is 2. The van der Waals surface area contributed by atoms with Gasteiger partial charge in [0.1, 0.15) is 11.5 Å². The van der Waals surface area contributed by atoms with Gasteiger partial charge in [0.05, 0.1) is 25.6 Å². The lowest BCUT2D eigenvalue weighted by Gasteiger charge is -2.30. The lowest BCUT2D eigenvalue weighted by atomic mass is 9.98. The number of anilines is 4. The van der Waals surface area contributed by atoms with Crippen molar-refractivity contribution in [3.63, 3.8) is 0 Å². The molecule has 0 aliphatic rings. The molecule has 2 atom stereocenters. The van der Waals surface area contributed by atoms with Crippen LogP contribution in [-0.4, -0.2) is 40.2 Å². The Morgan fingerprint density at radius 2 is 0.944 bits per heavy atom. The van der Waals surface area contributed by atoms with Crippen LogP contribution in [0.25, 0.3) is 21.5 Å². The SMILES string of the molecule is CCC(C)c1cccc(NC(=N)Nc2cccc(C(C)CC)c2)c1.COc1ccc(N(C)C(=N)N(C)c2ccc(OC)c3ccccc23)c2ccccc12. The maximum absolute atomic E-state index is 8.91. The topological polar surface area (TPSA) is 96.7 Å². The van der Waals surface area contributed by atoms with Crippen molar-refractivity contribution < 1.29 is 9.47 Å². The van der Waals surface area contributed by atoms with Crippen molar-refractivity contribution in [1.82, 2.24) is 0 Å². The number of rotatable bonds is 10. The molecule has 0 bridgehead atoms. The molecule has 0 aliphatic heterocycles. The van der Waals surface area contributed by atoms with E-state index in [1.165, 1.54) is 11.1 Å². The Bertz CT molecular complexity index is 2060. The molecule has 0 fully saturated rings. The standard InChI is InChI=1S/C25H25N3O2.C21H29N3/c1-27(21-13-15-23(29-3)19-11-7-5-9-17(19)21)25(26)28(2)22-14-16-24(30-4)20-12-8-6-10-18(20)22;1-5-15(3)17-9-7-11-19(13-17)23-21(22)24-20-12-8-10-18(14-20)16(4)6-2/h5-16,26H,1-4H3;7-16H,5-6H2,1-4H3,(H3,22,23,24). The van der Waals surface area contributed by atoms with Gasteiger partial charge in [-0.3, -0.25) is 10.8 Å². The molecule has 0 spiro atoms. The van der Waals surface area contributed by atoms with Crippen LogP contribution in [0.15, 0.2) is 121 Å². The quantitative estimate of drug-likeness (QED) is 0.0830. The molecule has 0 amide bonds. The highest BCUT2D eigenvalue weighted by Crippen LogP contribution is 2.36. The molecule has 0 heterocycles. The number of hydrogen-bond acceptors (Lipinski definition) is 4. The van der Waals surface area contributed by atoms with E-state index < -0.39 is 0 Å². The molecule has 8 heteroatoms. The van der Waals surface area contributed by atoms with E-state index in [-0.39, 0.29) is 5.96 Å². The van der Waals surface area contributed by atoms with Gasteiger partial charge in [0, 0.05) is 47.0 Å². The van der Waals surface area contributed by atoms with Crippen LogP contribution in [0.3, 0.4) is 0 Å². The lowest BCUT2D eigenvalue weighted by Crippen LogP contribution is -2.39. The Kier molecular flexibility index (Phi) is 13.2. The van der Waals surface area contributed by atoms with Crippen LogP contribution < -0.4 is 29.9 Å². The summed E-state index contributed by atoms with van der Waals surface area (Å²) in [6, 6.07) is 40.7. The van der Waals surface area contributed by atoms with E-state index in [1.54, 1.807) is 14.2 Å². The molecule has 8 nitrogen and oxygen atoms in total.